The van der Waals surface area contributed by atoms with E-state index in [9.17, 15) is 27.6 Å². The van der Waals surface area contributed by atoms with E-state index in [0.717, 1.165) is 12.2 Å². The molecular formula is C21H33F3N4O5Si. The zero-order valence-corrected chi connectivity index (χ0v) is 21.2. The molecule has 192 valence electrons. The summed E-state index contributed by atoms with van der Waals surface area (Å²) in [6.45, 7) is 8.12. The van der Waals surface area contributed by atoms with Gasteiger partial charge >= 0.3 is 12.1 Å². The lowest BCUT2D eigenvalue weighted by Crippen LogP contribution is -2.47. The Morgan fingerprint density at radius 3 is 2.59 bits per heavy atom. The molecule has 2 atom stereocenters. The predicted octanol–water partition coefficient (Wildman–Crippen LogP) is 2.79. The molecule has 1 fully saturated rings. The molecule has 0 aliphatic carbocycles. The van der Waals surface area contributed by atoms with Gasteiger partial charge in [0, 0.05) is 40.2 Å². The molecule has 0 bridgehead atoms. The van der Waals surface area contributed by atoms with Gasteiger partial charge in [-0.15, -0.1) is 0 Å². The van der Waals surface area contributed by atoms with Crippen LogP contribution in [0.4, 0.5) is 18.9 Å². The summed E-state index contributed by atoms with van der Waals surface area (Å²) in [5.41, 5.74) is -3.16. The van der Waals surface area contributed by atoms with E-state index in [2.05, 4.69) is 30.1 Å². The highest BCUT2D eigenvalue weighted by Gasteiger charge is 2.39. The Kier molecular flexibility index (Phi) is 9.28. The highest BCUT2D eigenvalue weighted by atomic mass is 28.3. The monoisotopic (exact) mass is 506 g/mol. The molecule has 9 nitrogen and oxygen atoms in total. The van der Waals surface area contributed by atoms with Crippen molar-refractivity contribution in [1.82, 2.24) is 14.7 Å². The third-order valence-corrected chi connectivity index (χ3v) is 7.17. The number of carbonyl (C=O) groups excluding carboxylic acids is 2. The van der Waals surface area contributed by atoms with Crippen molar-refractivity contribution in [2.45, 2.75) is 64.4 Å². The van der Waals surface area contributed by atoms with Gasteiger partial charge in [0.2, 0.25) is 5.91 Å². The molecule has 1 aromatic heterocycles. The van der Waals surface area contributed by atoms with E-state index >= 15 is 0 Å². The molecule has 1 aromatic rings. The number of esters is 1. The first-order valence-corrected chi connectivity index (χ1v) is 14.8. The first-order valence-electron chi connectivity index (χ1n) is 11.1. The molecule has 0 radical (unpaired) electrons. The Hall–Kier alpha value is -2.41. The molecule has 2 heterocycles. The van der Waals surface area contributed by atoms with Crippen molar-refractivity contribution in [3.8, 4) is 0 Å². The van der Waals surface area contributed by atoms with Gasteiger partial charge in [-0.05, 0) is 19.4 Å². The van der Waals surface area contributed by atoms with Gasteiger partial charge in [0.25, 0.3) is 5.56 Å². The van der Waals surface area contributed by atoms with Crippen LogP contribution in [0.3, 0.4) is 0 Å². The highest BCUT2D eigenvalue weighted by Crippen LogP contribution is 2.32. The second-order valence-electron chi connectivity index (χ2n) is 9.69. The Bertz CT molecular complexity index is 932. The molecule has 34 heavy (non-hydrogen) atoms. The number of methoxy groups -OCH3 is 1. The summed E-state index contributed by atoms with van der Waals surface area (Å²) < 4.78 is 52.0. The topological polar surface area (TPSA) is 103 Å². The molecule has 0 spiro atoms. The van der Waals surface area contributed by atoms with Crippen molar-refractivity contribution in [2.24, 2.45) is 5.92 Å². The van der Waals surface area contributed by atoms with E-state index in [4.69, 9.17) is 9.47 Å². The number of hydrogen-bond donors (Lipinski definition) is 1. The largest absolute Gasteiger partial charge is 0.469 e. The number of piperidine rings is 1. The zero-order valence-electron chi connectivity index (χ0n) is 20.2. The molecule has 2 unspecified atom stereocenters. The smallest absolute Gasteiger partial charge is 0.423 e. The van der Waals surface area contributed by atoms with Crippen molar-refractivity contribution in [3.05, 3.63) is 22.1 Å². The summed E-state index contributed by atoms with van der Waals surface area (Å²) in [6.07, 6.45) is -3.46. The Balaban J connectivity index is 2.13. The average molecular weight is 507 g/mol. The van der Waals surface area contributed by atoms with E-state index < -0.39 is 49.0 Å². The van der Waals surface area contributed by atoms with Crippen LogP contribution in [0.1, 0.15) is 25.3 Å². The molecule has 0 saturated carbocycles. The number of amides is 1. The van der Waals surface area contributed by atoms with Gasteiger partial charge in [0.05, 0.1) is 24.9 Å². The second kappa shape index (κ2) is 11.3. The highest BCUT2D eigenvalue weighted by molar-refractivity contribution is 6.76. The van der Waals surface area contributed by atoms with Crippen LogP contribution in [0.25, 0.3) is 0 Å². The number of rotatable bonds is 10. The van der Waals surface area contributed by atoms with Gasteiger partial charge in [-0.25, -0.2) is 4.68 Å². The SMILES string of the molecule is COC(=O)C1CCC(=O)N(CC(C)Nc2cnn(COCC[Si](C)(C)C)c(=O)c2C(F)(F)F)C1. The molecule has 13 heteroatoms. The number of carbonyl (C=O) groups is 2. The van der Waals surface area contributed by atoms with Crippen molar-refractivity contribution >= 4 is 25.6 Å². The quantitative estimate of drug-likeness (QED) is 0.296. The first kappa shape index (κ1) is 27.8. The molecule has 1 amide bonds. The van der Waals surface area contributed by atoms with Crippen LogP contribution in [0, 0.1) is 5.92 Å². The van der Waals surface area contributed by atoms with Gasteiger partial charge in [-0.3, -0.25) is 14.4 Å². The minimum absolute atomic E-state index is 0.0481. The predicted molar refractivity (Wildman–Crippen MR) is 122 cm³/mol. The number of likely N-dealkylation sites (tertiary alicyclic amines) is 1. The van der Waals surface area contributed by atoms with Crippen LogP contribution in [0.2, 0.25) is 25.7 Å². The van der Waals surface area contributed by atoms with Gasteiger partial charge < -0.3 is 19.7 Å². The van der Waals surface area contributed by atoms with Crippen molar-refractivity contribution < 1.29 is 32.2 Å². The van der Waals surface area contributed by atoms with Crippen LogP contribution in [-0.4, -0.2) is 67.5 Å². The van der Waals surface area contributed by atoms with Gasteiger partial charge in [0.15, 0.2) is 0 Å². The summed E-state index contributed by atoms with van der Waals surface area (Å²) in [4.78, 5) is 38.0. The minimum Gasteiger partial charge on any atom is -0.469 e. The van der Waals surface area contributed by atoms with Crippen molar-refractivity contribution in [1.29, 1.82) is 0 Å². The molecule has 0 aromatic carbocycles. The summed E-state index contributed by atoms with van der Waals surface area (Å²) in [6, 6.07) is 0.156. The number of ether oxygens (including phenoxy) is 2. The summed E-state index contributed by atoms with van der Waals surface area (Å²) in [7, 11) is -0.128. The first-order chi connectivity index (χ1) is 15.7. The summed E-state index contributed by atoms with van der Waals surface area (Å²) in [5.74, 6) is -1.11. The van der Waals surface area contributed by atoms with E-state index in [-0.39, 0.29) is 32.1 Å². The molecule has 1 aliphatic rings. The van der Waals surface area contributed by atoms with Crippen LogP contribution in [0.5, 0.6) is 0 Å². The Morgan fingerprint density at radius 1 is 1.32 bits per heavy atom. The molecule has 1 saturated heterocycles. The molecule has 2 rings (SSSR count). The maximum Gasteiger partial charge on any atom is 0.423 e. The third-order valence-electron chi connectivity index (χ3n) is 5.47. The lowest BCUT2D eigenvalue weighted by Gasteiger charge is -2.33. The van der Waals surface area contributed by atoms with Crippen LogP contribution < -0.4 is 10.9 Å². The van der Waals surface area contributed by atoms with Crippen LogP contribution in [0.15, 0.2) is 11.0 Å². The van der Waals surface area contributed by atoms with Crippen LogP contribution in [-0.2, 0) is 32.0 Å². The normalized spacial score (nSPS) is 18.1. The number of alkyl halides is 3. The van der Waals surface area contributed by atoms with E-state index in [0.29, 0.717) is 17.7 Å². The lowest BCUT2D eigenvalue weighted by atomic mass is 9.97. The number of hydrogen-bond acceptors (Lipinski definition) is 7. The molecular weight excluding hydrogens is 473 g/mol. The summed E-state index contributed by atoms with van der Waals surface area (Å²) in [5, 5.41) is 6.49. The molecule has 1 N–H and O–H groups in total. The van der Waals surface area contributed by atoms with E-state index in [1.54, 1.807) is 6.92 Å². The number of nitrogens with zero attached hydrogens (tertiary/aromatic N) is 3. The fourth-order valence-corrected chi connectivity index (χ4v) is 4.34. The fourth-order valence-electron chi connectivity index (χ4n) is 3.59. The maximum atomic E-state index is 13.8. The van der Waals surface area contributed by atoms with E-state index in [1.807, 2.05) is 0 Å². The van der Waals surface area contributed by atoms with E-state index in [1.165, 1.54) is 12.0 Å². The van der Waals surface area contributed by atoms with Crippen LogP contribution >= 0.6 is 0 Å². The van der Waals surface area contributed by atoms with Gasteiger partial charge in [0.1, 0.15) is 12.3 Å². The number of nitrogens with one attached hydrogen (secondary N) is 1. The standard InChI is InChI=1S/C21H33F3N4O5Si/c1-14(11-27-12-15(20(31)32-2)6-7-17(27)29)26-16-10-25-28(13-33-8-9-34(3,4)5)19(30)18(16)21(22,23)24/h10,14-15,26H,6-9,11-13H2,1-5H3. The Morgan fingerprint density at radius 2 is 2.00 bits per heavy atom. The number of anilines is 1. The van der Waals surface area contributed by atoms with Gasteiger partial charge in [-0.2, -0.15) is 18.3 Å². The summed E-state index contributed by atoms with van der Waals surface area (Å²) >= 11 is 0. The minimum atomic E-state index is -4.92. The maximum absolute atomic E-state index is 13.8. The average Bonchev–Trinajstić information content (AvgIpc) is 2.71. The number of aromatic nitrogens is 2. The van der Waals surface area contributed by atoms with Crippen molar-refractivity contribution in [3.63, 3.8) is 0 Å². The lowest BCUT2D eigenvalue weighted by molar-refractivity contribution is -0.150. The zero-order chi connectivity index (χ0) is 25.7. The van der Waals surface area contributed by atoms with Gasteiger partial charge in [-0.1, -0.05) is 19.6 Å². The third kappa shape index (κ3) is 7.83. The van der Waals surface area contributed by atoms with Crippen molar-refractivity contribution in [2.75, 3.05) is 32.1 Å². The molecule has 1 aliphatic heterocycles. The fraction of sp³-hybridized carbons (Fsp3) is 0.714. The number of halogens is 3. The second-order valence-corrected chi connectivity index (χ2v) is 15.3. The Labute approximate surface area is 197 Å².